The summed E-state index contributed by atoms with van der Waals surface area (Å²) in [4.78, 5) is 14.7. The molecule has 10 heteroatoms. The van der Waals surface area contributed by atoms with Crippen LogP contribution in [0.4, 0.5) is 85.3 Å². The van der Waals surface area contributed by atoms with Crippen LogP contribution in [0.15, 0.2) is 283 Å². The fourth-order valence-electron chi connectivity index (χ4n) is 13.9. The van der Waals surface area contributed by atoms with Crippen LogP contribution in [0.5, 0.6) is 23.0 Å². The molecule has 7 nitrogen and oxygen atoms in total. The molecule has 0 saturated heterocycles. The lowest BCUT2D eigenvalue weighted by atomic mass is 9.31. The first kappa shape index (κ1) is 45.6. The third-order valence-corrected chi connectivity index (χ3v) is 18.3. The van der Waals surface area contributed by atoms with Crippen molar-refractivity contribution >= 4 is 143 Å². The summed E-state index contributed by atoms with van der Waals surface area (Å²) in [5.41, 5.74) is 23.7. The van der Waals surface area contributed by atoms with E-state index in [-0.39, 0.29) is 13.4 Å². The second-order valence-electron chi connectivity index (χ2n) is 21.6. The van der Waals surface area contributed by atoms with E-state index in [1.165, 1.54) is 42.6 Å². The van der Waals surface area contributed by atoms with Gasteiger partial charge in [0.15, 0.2) is 23.0 Å². The third kappa shape index (κ3) is 6.58. The molecule has 0 saturated carbocycles. The molecule has 6 heterocycles. The standard InChI is InChI=1S/C72H45B2N5O2S/c1-6-22-46(23-7-1)75(47-24-8-2-9-25-47)51-40-60-69-61(41-51)78-57-34-16-18-36-63(57)80-65-38-20-32-53(71(65)78)73(69)55-44-56-67(45-59(55)77(60)50-30-14-5-15-31-50)82-68-43-52(76(48-26-10-3-11-27-48)49-28-12-4-13-29-49)42-62-70(68)74(56)54-33-21-39-66-72(54)79(62)58-35-17-19-37-64(58)81-66/h1-45H. The van der Waals surface area contributed by atoms with Crippen LogP contribution < -0.4 is 66.8 Å². The van der Waals surface area contributed by atoms with Gasteiger partial charge in [0.1, 0.15) is 0 Å². The van der Waals surface area contributed by atoms with Crippen LogP contribution in [-0.2, 0) is 0 Å². The number of rotatable bonds is 7. The van der Waals surface area contributed by atoms with Gasteiger partial charge in [-0.25, -0.2) is 0 Å². The smallest absolute Gasteiger partial charge is 0.252 e. The van der Waals surface area contributed by atoms with Crippen molar-refractivity contribution in [2.45, 2.75) is 9.79 Å². The fraction of sp³-hybridized carbons (Fsp3) is 0. The first-order valence-corrected chi connectivity index (χ1v) is 28.8. The zero-order chi connectivity index (χ0) is 53.6. The van der Waals surface area contributed by atoms with E-state index in [1.54, 1.807) is 0 Å². The maximum Gasteiger partial charge on any atom is 0.252 e. The maximum atomic E-state index is 6.96. The van der Waals surface area contributed by atoms with E-state index >= 15 is 0 Å². The monoisotopic (exact) mass is 1070 g/mol. The molecule has 12 aromatic rings. The molecule has 18 rings (SSSR count). The van der Waals surface area contributed by atoms with Gasteiger partial charge in [-0.2, -0.15) is 0 Å². The summed E-state index contributed by atoms with van der Waals surface area (Å²) in [6.45, 7) is -0.291. The SMILES string of the molecule is c1ccc(N(c2ccccc2)c2cc3c4c(c2)N2c5ccccc5Oc5cccc(c52)B4c2cc4c(cc2S3)N(c2ccccc2)c2cc(N(c3ccccc3)c3ccccc3)cc3c2B4c2cccc4c2N3c2ccccc2O4)cc1. The highest BCUT2D eigenvalue weighted by Crippen LogP contribution is 2.57. The molecule has 0 atom stereocenters. The van der Waals surface area contributed by atoms with Crippen molar-refractivity contribution in [3.05, 3.63) is 273 Å². The molecule has 0 fully saturated rings. The first-order valence-electron chi connectivity index (χ1n) is 28.0. The topological polar surface area (TPSA) is 34.7 Å². The van der Waals surface area contributed by atoms with Crippen LogP contribution in [0.1, 0.15) is 0 Å². The Kier molecular flexibility index (Phi) is 9.79. The molecular formula is C72H45B2N5O2S. The summed E-state index contributed by atoms with van der Waals surface area (Å²) < 4.78 is 13.9. The Labute approximate surface area is 480 Å². The van der Waals surface area contributed by atoms with E-state index in [1.807, 2.05) is 11.8 Å². The second kappa shape index (κ2) is 17.6. The van der Waals surface area contributed by atoms with Crippen molar-refractivity contribution in [2.24, 2.45) is 0 Å². The molecule has 6 aliphatic rings. The van der Waals surface area contributed by atoms with E-state index in [0.29, 0.717) is 0 Å². The zero-order valence-corrected chi connectivity index (χ0v) is 44.9. The lowest BCUT2D eigenvalue weighted by Crippen LogP contribution is -2.64. The summed E-state index contributed by atoms with van der Waals surface area (Å²) >= 11 is 1.89. The minimum absolute atomic E-state index is 0.124. The van der Waals surface area contributed by atoms with Gasteiger partial charge in [0, 0.05) is 66.7 Å². The van der Waals surface area contributed by atoms with Gasteiger partial charge in [-0.3, -0.25) is 0 Å². The van der Waals surface area contributed by atoms with Crippen LogP contribution in [0, 0.1) is 0 Å². The van der Waals surface area contributed by atoms with Gasteiger partial charge in [-0.05, 0) is 155 Å². The Balaban J connectivity index is 0.928. The minimum atomic E-state index is -0.167. The van der Waals surface area contributed by atoms with E-state index < -0.39 is 0 Å². The average molecular weight is 1070 g/mol. The zero-order valence-electron chi connectivity index (χ0n) is 44.1. The van der Waals surface area contributed by atoms with Gasteiger partial charge >= 0.3 is 0 Å². The van der Waals surface area contributed by atoms with Gasteiger partial charge in [0.2, 0.25) is 6.71 Å². The van der Waals surface area contributed by atoms with Crippen LogP contribution in [0.25, 0.3) is 0 Å². The van der Waals surface area contributed by atoms with Gasteiger partial charge in [-0.1, -0.05) is 163 Å². The number of hydrogen-bond acceptors (Lipinski definition) is 8. The van der Waals surface area contributed by atoms with Gasteiger partial charge in [0.25, 0.3) is 6.71 Å². The van der Waals surface area contributed by atoms with Crippen LogP contribution >= 0.6 is 11.8 Å². The van der Waals surface area contributed by atoms with Crippen molar-refractivity contribution in [3.8, 4) is 23.0 Å². The molecule has 0 aromatic heterocycles. The molecule has 12 aromatic carbocycles. The highest BCUT2D eigenvalue weighted by Gasteiger charge is 2.50. The lowest BCUT2D eigenvalue weighted by molar-refractivity contribution is 0.477. The second-order valence-corrected chi connectivity index (χ2v) is 22.7. The van der Waals surface area contributed by atoms with Crippen molar-refractivity contribution in [1.29, 1.82) is 0 Å². The predicted octanol–water partition coefficient (Wildman–Crippen LogP) is 15.7. The Bertz CT molecular complexity index is 4530. The summed E-state index contributed by atoms with van der Waals surface area (Å²) in [6, 6.07) is 99.2. The highest BCUT2D eigenvalue weighted by atomic mass is 32.2. The molecule has 82 heavy (non-hydrogen) atoms. The van der Waals surface area contributed by atoms with Crippen LogP contribution in [-0.4, -0.2) is 13.4 Å². The summed E-state index contributed by atoms with van der Waals surface area (Å²) in [6.07, 6.45) is 0. The summed E-state index contributed by atoms with van der Waals surface area (Å²) in [7, 11) is 0. The number of benzene rings is 12. The quantitative estimate of drug-likeness (QED) is 0.146. The number of ether oxygens (including phenoxy) is 2. The third-order valence-electron chi connectivity index (χ3n) is 17.1. The average Bonchev–Trinajstić information content (AvgIpc) is 2.72. The Morgan fingerprint density at radius 2 is 0.695 bits per heavy atom. The normalized spacial score (nSPS) is 13.6. The lowest BCUT2D eigenvalue weighted by Gasteiger charge is -2.47. The molecule has 0 unspecified atom stereocenters. The maximum absolute atomic E-state index is 6.96. The molecule has 0 amide bonds. The van der Waals surface area contributed by atoms with Crippen molar-refractivity contribution in [3.63, 3.8) is 0 Å². The van der Waals surface area contributed by atoms with E-state index in [9.17, 15) is 0 Å². The van der Waals surface area contributed by atoms with Crippen molar-refractivity contribution in [2.75, 3.05) is 24.5 Å². The molecule has 0 aliphatic carbocycles. The minimum Gasteiger partial charge on any atom is -0.453 e. The number of hydrogen-bond donors (Lipinski definition) is 0. The van der Waals surface area contributed by atoms with E-state index in [4.69, 9.17) is 9.47 Å². The number of nitrogens with zero attached hydrogens (tertiary/aromatic N) is 5. The largest absolute Gasteiger partial charge is 0.453 e. The fourth-order valence-corrected chi connectivity index (χ4v) is 15.1. The Morgan fingerprint density at radius 3 is 1.21 bits per heavy atom. The Morgan fingerprint density at radius 1 is 0.280 bits per heavy atom. The summed E-state index contributed by atoms with van der Waals surface area (Å²) in [5.74, 6) is 3.36. The number of anilines is 15. The molecule has 0 spiro atoms. The van der Waals surface area contributed by atoms with Crippen molar-refractivity contribution in [1.82, 2.24) is 0 Å². The number of para-hydroxylation sites is 11. The van der Waals surface area contributed by atoms with Gasteiger partial charge in [-0.15, -0.1) is 0 Å². The highest BCUT2D eigenvalue weighted by molar-refractivity contribution is 8.00. The molecule has 6 aliphatic heterocycles. The Hall–Kier alpha value is -10.3. The number of fused-ring (bicyclic) bond motifs is 12. The van der Waals surface area contributed by atoms with Crippen molar-refractivity contribution < 1.29 is 9.47 Å². The van der Waals surface area contributed by atoms with Crippen LogP contribution in [0.2, 0.25) is 0 Å². The predicted molar refractivity (Wildman–Crippen MR) is 340 cm³/mol. The summed E-state index contributed by atoms with van der Waals surface area (Å²) in [5, 5.41) is 0. The molecule has 0 bridgehead atoms. The first-order chi connectivity index (χ1) is 40.7. The van der Waals surface area contributed by atoms with Gasteiger partial charge < -0.3 is 34.0 Å². The molecule has 0 N–H and O–H groups in total. The van der Waals surface area contributed by atoms with E-state index in [0.717, 1.165) is 108 Å². The van der Waals surface area contributed by atoms with Crippen LogP contribution in [0.3, 0.4) is 0 Å². The molecular weight excluding hydrogens is 1020 g/mol. The molecule has 382 valence electrons. The van der Waals surface area contributed by atoms with E-state index in [2.05, 4.69) is 297 Å². The van der Waals surface area contributed by atoms with Gasteiger partial charge in [0.05, 0.1) is 28.4 Å². The molecule has 0 radical (unpaired) electrons.